The number of benzene rings is 1. The summed E-state index contributed by atoms with van der Waals surface area (Å²) in [6.07, 6.45) is 0.758. The van der Waals surface area contributed by atoms with E-state index in [9.17, 15) is 4.79 Å². The summed E-state index contributed by atoms with van der Waals surface area (Å²) < 4.78 is 5.01. The van der Waals surface area contributed by atoms with E-state index in [4.69, 9.17) is 4.74 Å². The Balaban J connectivity index is 1.91. The third kappa shape index (κ3) is 2.18. The molecular weight excluding hydrogens is 336 g/mol. The number of esters is 1. The highest BCUT2D eigenvalue weighted by molar-refractivity contribution is 9.25. The van der Waals surface area contributed by atoms with E-state index in [2.05, 4.69) is 31.9 Å². The van der Waals surface area contributed by atoms with Gasteiger partial charge >= 0.3 is 5.97 Å². The fourth-order valence-electron chi connectivity index (χ4n) is 1.50. The lowest BCUT2D eigenvalue weighted by Gasteiger charge is -2.12. The fourth-order valence-corrected chi connectivity index (χ4v) is 2.95. The molecule has 0 saturated heterocycles. The fraction of sp³-hybridized carbons (Fsp3) is 0.417. The molecule has 1 aliphatic rings. The van der Waals surface area contributed by atoms with Gasteiger partial charge in [-0.2, -0.15) is 0 Å². The SMILES string of the molecule is CC1(C(=O)OCc2ccccc2)CC1(Br)Br. The van der Waals surface area contributed by atoms with Crippen LogP contribution < -0.4 is 0 Å². The molecule has 0 amide bonds. The first kappa shape index (κ1) is 12.1. The molecule has 2 rings (SSSR count). The van der Waals surface area contributed by atoms with Crippen LogP contribution in [-0.2, 0) is 16.1 Å². The van der Waals surface area contributed by atoms with Gasteiger partial charge in [0, 0.05) is 0 Å². The summed E-state index contributed by atoms with van der Waals surface area (Å²) in [5.41, 5.74) is 0.566. The Kier molecular flexibility index (Phi) is 3.14. The summed E-state index contributed by atoms with van der Waals surface area (Å²) in [5.74, 6) is -0.162. The summed E-state index contributed by atoms with van der Waals surface area (Å²) >= 11 is 6.90. The molecule has 0 aliphatic heterocycles. The molecule has 0 aromatic heterocycles. The van der Waals surface area contributed by atoms with Gasteiger partial charge in [-0.25, -0.2) is 0 Å². The summed E-state index contributed by atoms with van der Waals surface area (Å²) in [6, 6.07) is 9.69. The van der Waals surface area contributed by atoms with Crippen LogP contribution in [0.1, 0.15) is 18.9 Å². The third-order valence-electron chi connectivity index (χ3n) is 2.92. The van der Waals surface area contributed by atoms with Crippen molar-refractivity contribution in [2.45, 2.75) is 23.2 Å². The van der Waals surface area contributed by atoms with E-state index < -0.39 is 5.41 Å². The van der Waals surface area contributed by atoms with Crippen molar-refractivity contribution in [3.05, 3.63) is 35.9 Å². The average Bonchev–Trinajstić information content (AvgIpc) is 2.78. The molecule has 4 heteroatoms. The van der Waals surface area contributed by atoms with Gasteiger partial charge in [0.2, 0.25) is 0 Å². The smallest absolute Gasteiger partial charge is 0.314 e. The van der Waals surface area contributed by atoms with E-state index in [1.165, 1.54) is 0 Å². The highest BCUT2D eigenvalue weighted by atomic mass is 79.9. The van der Waals surface area contributed by atoms with Crippen molar-refractivity contribution in [1.82, 2.24) is 0 Å². The van der Waals surface area contributed by atoms with Crippen molar-refractivity contribution in [2.24, 2.45) is 5.41 Å². The number of alkyl halides is 2. The van der Waals surface area contributed by atoms with E-state index >= 15 is 0 Å². The molecule has 1 saturated carbocycles. The monoisotopic (exact) mass is 346 g/mol. The Hall–Kier alpha value is -0.350. The molecule has 2 nitrogen and oxygen atoms in total. The van der Waals surface area contributed by atoms with Crippen LogP contribution >= 0.6 is 31.9 Å². The van der Waals surface area contributed by atoms with Crippen molar-refractivity contribution in [3.8, 4) is 0 Å². The molecule has 16 heavy (non-hydrogen) atoms. The van der Waals surface area contributed by atoms with Crippen LogP contribution in [0.25, 0.3) is 0 Å². The van der Waals surface area contributed by atoms with Crippen molar-refractivity contribution < 1.29 is 9.53 Å². The zero-order valence-corrected chi connectivity index (χ0v) is 12.0. The van der Waals surface area contributed by atoms with Crippen LogP contribution in [0.15, 0.2) is 30.3 Å². The van der Waals surface area contributed by atoms with Gasteiger partial charge in [-0.05, 0) is 18.9 Å². The average molecular weight is 348 g/mol. The first-order valence-electron chi connectivity index (χ1n) is 5.05. The van der Waals surface area contributed by atoms with Gasteiger partial charge in [-0.1, -0.05) is 62.2 Å². The van der Waals surface area contributed by atoms with Crippen molar-refractivity contribution in [1.29, 1.82) is 0 Å². The quantitative estimate of drug-likeness (QED) is 0.616. The van der Waals surface area contributed by atoms with Crippen LogP contribution in [0.5, 0.6) is 0 Å². The summed E-state index contributed by atoms with van der Waals surface area (Å²) in [5, 5.41) is 0. The molecule has 1 aliphatic carbocycles. The predicted octanol–water partition coefficient (Wildman–Crippen LogP) is 3.63. The van der Waals surface area contributed by atoms with Gasteiger partial charge in [0.05, 0.1) is 8.65 Å². The molecule has 0 N–H and O–H groups in total. The van der Waals surface area contributed by atoms with Crippen LogP contribution in [-0.4, -0.2) is 9.20 Å². The van der Waals surface area contributed by atoms with Gasteiger partial charge in [0.25, 0.3) is 0 Å². The van der Waals surface area contributed by atoms with Crippen molar-refractivity contribution in [2.75, 3.05) is 0 Å². The molecule has 1 aromatic carbocycles. The van der Waals surface area contributed by atoms with E-state index in [1.54, 1.807) is 0 Å². The number of hydrogen-bond donors (Lipinski definition) is 0. The molecule has 1 fully saturated rings. The molecule has 0 radical (unpaired) electrons. The van der Waals surface area contributed by atoms with Gasteiger partial charge in [-0.15, -0.1) is 0 Å². The van der Waals surface area contributed by atoms with Crippen LogP contribution in [0.4, 0.5) is 0 Å². The molecule has 1 unspecified atom stereocenters. The molecule has 0 bridgehead atoms. The third-order valence-corrected chi connectivity index (χ3v) is 5.23. The Bertz CT molecular complexity index is 403. The van der Waals surface area contributed by atoms with Crippen molar-refractivity contribution >= 4 is 37.8 Å². The second-order valence-corrected chi connectivity index (χ2v) is 8.05. The number of carbonyl (C=O) groups excluding carboxylic acids is 1. The first-order chi connectivity index (χ1) is 7.46. The van der Waals surface area contributed by atoms with Gasteiger partial charge in [-0.3, -0.25) is 4.79 Å². The Labute approximate surface area is 112 Å². The van der Waals surface area contributed by atoms with Crippen LogP contribution in [0, 0.1) is 5.41 Å². The minimum atomic E-state index is -0.443. The molecule has 86 valence electrons. The van der Waals surface area contributed by atoms with E-state index in [0.29, 0.717) is 6.61 Å². The topological polar surface area (TPSA) is 26.3 Å². The Morgan fingerprint density at radius 2 is 1.94 bits per heavy atom. The summed E-state index contributed by atoms with van der Waals surface area (Å²) in [6.45, 7) is 2.23. The molecule has 1 aromatic rings. The molecule has 0 heterocycles. The zero-order chi connectivity index (χ0) is 11.8. The summed E-state index contributed by atoms with van der Waals surface area (Å²) in [7, 11) is 0. The second-order valence-electron chi connectivity index (χ2n) is 4.28. The molecule has 1 atom stereocenters. The lowest BCUT2D eigenvalue weighted by Crippen LogP contribution is -2.20. The van der Waals surface area contributed by atoms with Crippen LogP contribution in [0.3, 0.4) is 0 Å². The number of ether oxygens (including phenoxy) is 1. The number of halogens is 2. The standard InChI is InChI=1S/C12H12Br2O2/c1-11(8-12(11,13)14)10(15)16-7-9-5-3-2-4-6-9/h2-6H,7-8H2,1H3. The zero-order valence-electron chi connectivity index (χ0n) is 8.87. The Morgan fingerprint density at radius 1 is 1.38 bits per heavy atom. The normalized spacial score (nSPS) is 26.2. The highest BCUT2D eigenvalue weighted by Gasteiger charge is 2.67. The molecular formula is C12H12Br2O2. The highest BCUT2D eigenvalue weighted by Crippen LogP contribution is 2.66. The van der Waals surface area contributed by atoms with Gasteiger partial charge in [0.1, 0.15) is 6.61 Å². The number of carbonyl (C=O) groups is 1. The van der Waals surface area contributed by atoms with E-state index in [1.807, 2.05) is 37.3 Å². The maximum atomic E-state index is 11.8. The molecule has 0 spiro atoms. The lowest BCUT2D eigenvalue weighted by atomic mass is 10.1. The Morgan fingerprint density at radius 3 is 2.44 bits per heavy atom. The first-order valence-corrected chi connectivity index (χ1v) is 6.63. The predicted molar refractivity (Wildman–Crippen MR) is 69.5 cm³/mol. The minimum absolute atomic E-state index is 0.162. The summed E-state index contributed by atoms with van der Waals surface area (Å²) in [4.78, 5) is 11.8. The van der Waals surface area contributed by atoms with E-state index in [-0.39, 0.29) is 9.20 Å². The lowest BCUT2D eigenvalue weighted by molar-refractivity contribution is -0.150. The largest absolute Gasteiger partial charge is 0.460 e. The number of rotatable bonds is 3. The van der Waals surface area contributed by atoms with E-state index in [0.717, 1.165) is 12.0 Å². The maximum Gasteiger partial charge on any atom is 0.314 e. The maximum absolute atomic E-state index is 11.8. The van der Waals surface area contributed by atoms with Gasteiger partial charge in [0.15, 0.2) is 0 Å². The van der Waals surface area contributed by atoms with Crippen molar-refractivity contribution in [3.63, 3.8) is 0 Å². The minimum Gasteiger partial charge on any atom is -0.460 e. The second kappa shape index (κ2) is 4.15. The number of hydrogen-bond acceptors (Lipinski definition) is 2. The van der Waals surface area contributed by atoms with Gasteiger partial charge < -0.3 is 4.74 Å². The van der Waals surface area contributed by atoms with Crippen LogP contribution in [0.2, 0.25) is 0 Å².